The molecule has 0 spiro atoms. The molecule has 0 aliphatic carbocycles. The van der Waals surface area contributed by atoms with E-state index in [9.17, 15) is 14.7 Å². The van der Waals surface area contributed by atoms with E-state index in [1.807, 2.05) is 6.08 Å². The molecule has 1 unspecified atom stereocenters. The van der Waals surface area contributed by atoms with E-state index in [-0.39, 0.29) is 18.3 Å². The van der Waals surface area contributed by atoms with Gasteiger partial charge in [0.25, 0.3) is 0 Å². The van der Waals surface area contributed by atoms with Crippen LogP contribution >= 0.6 is 0 Å². The molecule has 0 fully saturated rings. The molecule has 0 rings (SSSR count). The minimum atomic E-state index is -0.746. The summed E-state index contributed by atoms with van der Waals surface area (Å²) in [5.74, 6) is -0.471. The molecule has 2 N–H and O–H groups in total. The second-order valence-corrected chi connectivity index (χ2v) is 6.01. The van der Waals surface area contributed by atoms with E-state index in [0.29, 0.717) is 19.3 Å². The van der Waals surface area contributed by atoms with E-state index in [2.05, 4.69) is 6.08 Å². The number of hydrogen-bond acceptors (Lipinski definition) is 3. The number of aliphatic hydroxyl groups excluding tert-OH is 1. The summed E-state index contributed by atoms with van der Waals surface area (Å²) in [6, 6.07) is 0. The highest BCUT2D eigenvalue weighted by Crippen LogP contribution is 2.10. The Bertz CT molecular complexity index is 323. The van der Waals surface area contributed by atoms with Crippen molar-refractivity contribution in [3.05, 3.63) is 12.2 Å². The summed E-state index contributed by atoms with van der Waals surface area (Å²) in [5, 5.41) is 18.3. The molecule has 0 saturated heterocycles. The molecule has 0 radical (unpaired) electrons. The lowest BCUT2D eigenvalue weighted by atomic mass is 10.1. The second kappa shape index (κ2) is 14.8. The fraction of sp³-hybridized carbons (Fsp3) is 0.778. The standard InChI is InChI=1S/C18H32O4/c1-16(19)12-8-5-3-2-4-6-9-13-17(20)14-10-7-11-15-18(21)22/h6,9,17,20H,2-5,7-8,10-15H2,1H3,(H,21,22)/b9-6+. The van der Waals surface area contributed by atoms with Crippen molar-refractivity contribution in [2.75, 3.05) is 0 Å². The molecule has 22 heavy (non-hydrogen) atoms. The quantitative estimate of drug-likeness (QED) is 0.350. The molecule has 0 aromatic carbocycles. The molecule has 0 amide bonds. The number of rotatable bonds is 15. The molecule has 0 aromatic rings. The Morgan fingerprint density at radius 1 is 0.909 bits per heavy atom. The molecule has 0 heterocycles. The van der Waals surface area contributed by atoms with Gasteiger partial charge in [0.15, 0.2) is 0 Å². The molecule has 0 aromatic heterocycles. The highest BCUT2D eigenvalue weighted by molar-refractivity contribution is 5.75. The van der Waals surface area contributed by atoms with Crippen LogP contribution in [0.2, 0.25) is 0 Å². The van der Waals surface area contributed by atoms with Gasteiger partial charge in [-0.05, 0) is 45.4 Å². The summed E-state index contributed by atoms with van der Waals surface area (Å²) in [7, 11) is 0. The smallest absolute Gasteiger partial charge is 0.303 e. The number of aliphatic carboxylic acids is 1. The van der Waals surface area contributed by atoms with Gasteiger partial charge in [0, 0.05) is 12.8 Å². The number of unbranched alkanes of at least 4 members (excludes halogenated alkanes) is 6. The van der Waals surface area contributed by atoms with Gasteiger partial charge in [0.05, 0.1) is 6.10 Å². The van der Waals surface area contributed by atoms with Crippen molar-refractivity contribution in [3.63, 3.8) is 0 Å². The Balaban J connectivity index is 3.33. The SMILES string of the molecule is CC(=O)CCCCCC/C=C/CC(O)CCCCCC(=O)O. The lowest BCUT2D eigenvalue weighted by Crippen LogP contribution is -2.04. The highest BCUT2D eigenvalue weighted by Gasteiger charge is 2.02. The molecule has 4 heteroatoms. The van der Waals surface area contributed by atoms with Crippen LogP contribution in [0.4, 0.5) is 0 Å². The summed E-state index contributed by atoms with van der Waals surface area (Å²) in [4.78, 5) is 21.1. The van der Waals surface area contributed by atoms with Crippen molar-refractivity contribution >= 4 is 11.8 Å². The molecule has 0 aliphatic rings. The third-order valence-corrected chi connectivity index (χ3v) is 3.65. The molecule has 0 aliphatic heterocycles. The van der Waals surface area contributed by atoms with Crippen molar-refractivity contribution < 1.29 is 19.8 Å². The summed E-state index contributed by atoms with van der Waals surface area (Å²) < 4.78 is 0. The first-order chi connectivity index (χ1) is 10.5. The van der Waals surface area contributed by atoms with Crippen LogP contribution < -0.4 is 0 Å². The topological polar surface area (TPSA) is 74.6 Å². The fourth-order valence-corrected chi connectivity index (χ4v) is 2.31. The molecular formula is C18H32O4. The van der Waals surface area contributed by atoms with Crippen LogP contribution in [0.15, 0.2) is 12.2 Å². The minimum Gasteiger partial charge on any atom is -0.481 e. The molecule has 1 atom stereocenters. The van der Waals surface area contributed by atoms with Gasteiger partial charge in [-0.1, -0.05) is 37.8 Å². The molecule has 0 bridgehead atoms. The zero-order chi connectivity index (χ0) is 16.6. The zero-order valence-corrected chi connectivity index (χ0v) is 13.9. The summed E-state index contributed by atoms with van der Waals surface area (Å²) in [5.41, 5.74) is 0. The lowest BCUT2D eigenvalue weighted by molar-refractivity contribution is -0.137. The van der Waals surface area contributed by atoms with Gasteiger partial charge in [-0.15, -0.1) is 0 Å². The van der Waals surface area contributed by atoms with Gasteiger partial charge in [0.1, 0.15) is 5.78 Å². The zero-order valence-electron chi connectivity index (χ0n) is 13.9. The normalized spacial score (nSPS) is 12.6. The van der Waals surface area contributed by atoms with Crippen LogP contribution in [-0.4, -0.2) is 28.1 Å². The molecular weight excluding hydrogens is 280 g/mol. The van der Waals surface area contributed by atoms with Crippen molar-refractivity contribution in [3.8, 4) is 0 Å². The summed E-state index contributed by atoms with van der Waals surface area (Å²) >= 11 is 0. The maximum Gasteiger partial charge on any atom is 0.303 e. The lowest BCUT2D eigenvalue weighted by Gasteiger charge is -2.07. The number of aliphatic hydroxyl groups is 1. The van der Waals surface area contributed by atoms with Crippen molar-refractivity contribution in [2.24, 2.45) is 0 Å². The second-order valence-electron chi connectivity index (χ2n) is 6.01. The van der Waals surface area contributed by atoms with E-state index in [1.54, 1.807) is 6.92 Å². The van der Waals surface area contributed by atoms with Crippen LogP contribution in [-0.2, 0) is 9.59 Å². The predicted octanol–water partition coefficient (Wildman–Crippen LogP) is 4.26. The third kappa shape index (κ3) is 16.9. The van der Waals surface area contributed by atoms with Crippen LogP contribution in [0.25, 0.3) is 0 Å². The van der Waals surface area contributed by atoms with Crippen LogP contribution in [0.1, 0.15) is 84.0 Å². The van der Waals surface area contributed by atoms with Crippen LogP contribution in [0.5, 0.6) is 0 Å². The van der Waals surface area contributed by atoms with Crippen LogP contribution in [0, 0.1) is 0 Å². The first kappa shape index (κ1) is 20.8. The van der Waals surface area contributed by atoms with Gasteiger partial charge < -0.3 is 15.0 Å². The number of Topliss-reactive ketones (excluding diaryl/α,β-unsaturated/α-hetero) is 1. The Morgan fingerprint density at radius 3 is 2.23 bits per heavy atom. The van der Waals surface area contributed by atoms with Crippen molar-refractivity contribution in [2.45, 2.75) is 90.1 Å². The first-order valence-electron chi connectivity index (χ1n) is 8.56. The monoisotopic (exact) mass is 312 g/mol. The third-order valence-electron chi connectivity index (χ3n) is 3.65. The number of allylic oxidation sites excluding steroid dienone is 1. The molecule has 128 valence electrons. The van der Waals surface area contributed by atoms with E-state index in [0.717, 1.165) is 51.4 Å². The fourth-order valence-electron chi connectivity index (χ4n) is 2.31. The number of ketones is 1. The number of hydrogen-bond donors (Lipinski definition) is 2. The average Bonchev–Trinajstić information content (AvgIpc) is 2.44. The van der Waals surface area contributed by atoms with E-state index in [4.69, 9.17) is 5.11 Å². The van der Waals surface area contributed by atoms with Crippen molar-refractivity contribution in [1.29, 1.82) is 0 Å². The Labute approximate surface area is 134 Å². The average molecular weight is 312 g/mol. The minimum absolute atomic E-state index is 0.225. The molecule has 0 saturated carbocycles. The van der Waals surface area contributed by atoms with E-state index >= 15 is 0 Å². The number of carboxylic acids is 1. The number of carboxylic acid groups (broad SMARTS) is 1. The largest absolute Gasteiger partial charge is 0.481 e. The van der Waals surface area contributed by atoms with Crippen molar-refractivity contribution in [1.82, 2.24) is 0 Å². The van der Waals surface area contributed by atoms with Gasteiger partial charge in [0.2, 0.25) is 0 Å². The first-order valence-corrected chi connectivity index (χ1v) is 8.56. The van der Waals surface area contributed by atoms with E-state index < -0.39 is 5.97 Å². The van der Waals surface area contributed by atoms with Crippen LogP contribution in [0.3, 0.4) is 0 Å². The van der Waals surface area contributed by atoms with Gasteiger partial charge in [-0.2, -0.15) is 0 Å². The Morgan fingerprint density at radius 2 is 1.55 bits per heavy atom. The van der Waals surface area contributed by atoms with Gasteiger partial charge in [-0.25, -0.2) is 0 Å². The maximum atomic E-state index is 10.8. The Hall–Kier alpha value is -1.16. The number of carbonyl (C=O) groups excluding carboxylic acids is 1. The van der Waals surface area contributed by atoms with Gasteiger partial charge in [-0.3, -0.25) is 4.79 Å². The highest BCUT2D eigenvalue weighted by atomic mass is 16.4. The molecule has 4 nitrogen and oxygen atoms in total. The predicted molar refractivity (Wildman–Crippen MR) is 88.9 cm³/mol. The summed E-state index contributed by atoms with van der Waals surface area (Å²) in [6.45, 7) is 1.64. The van der Waals surface area contributed by atoms with E-state index in [1.165, 1.54) is 0 Å². The van der Waals surface area contributed by atoms with Gasteiger partial charge >= 0.3 is 5.97 Å². The Kier molecular flexibility index (Phi) is 14.0. The number of carbonyl (C=O) groups is 2. The maximum absolute atomic E-state index is 10.8. The summed E-state index contributed by atoms with van der Waals surface area (Å²) in [6.07, 6.45) is 14.1.